The third-order valence-electron chi connectivity index (χ3n) is 7.12. The Labute approximate surface area is 217 Å². The fraction of sp³-hybridized carbons (Fsp3) is 0.258. The van der Waals surface area contributed by atoms with Gasteiger partial charge in [-0.15, -0.1) is 0 Å². The van der Waals surface area contributed by atoms with Gasteiger partial charge in [-0.05, 0) is 47.4 Å². The third kappa shape index (κ3) is 5.11. The smallest absolute Gasteiger partial charge is 0.169 e. The fourth-order valence-corrected chi connectivity index (χ4v) is 5.17. The summed E-state index contributed by atoms with van der Waals surface area (Å²) in [4.78, 5) is 20.4. The van der Waals surface area contributed by atoms with Gasteiger partial charge in [0.2, 0.25) is 0 Å². The molecule has 186 valence electrons. The highest BCUT2D eigenvalue weighted by molar-refractivity contribution is 6.04. The van der Waals surface area contributed by atoms with Crippen LogP contribution in [0.4, 0.5) is 5.69 Å². The average Bonchev–Trinajstić information content (AvgIpc) is 3.42. The molecule has 2 aliphatic rings. The monoisotopic (exact) mass is 490 g/mol. The van der Waals surface area contributed by atoms with Gasteiger partial charge in [-0.2, -0.15) is 5.10 Å². The topological polar surface area (TPSA) is 60.2 Å². The molecule has 0 amide bonds. The molecule has 1 saturated heterocycles. The number of pyridine rings is 1. The number of fused-ring (bicyclic) bond motifs is 1. The van der Waals surface area contributed by atoms with Crippen molar-refractivity contribution in [1.29, 1.82) is 0 Å². The molecular weight excluding hydrogens is 460 g/mol. The standard InChI is InChI=1S/C31H30N4O2/c36-30-8-4-7-25-22-27(29-13-15-32-35(29)16-14-23-5-2-1-3-6-23)33-28(31(25)30)21-24-9-11-26(12-10-24)34-17-19-37-20-18-34/h1-7,9-13,15,22H,8,14,16-21H2. The molecule has 1 aliphatic carbocycles. The maximum atomic E-state index is 13.0. The first kappa shape index (κ1) is 23.4. The highest BCUT2D eigenvalue weighted by Gasteiger charge is 2.22. The summed E-state index contributed by atoms with van der Waals surface area (Å²) in [5, 5.41) is 4.58. The molecule has 4 aromatic rings. The lowest BCUT2D eigenvalue weighted by Crippen LogP contribution is -2.36. The zero-order valence-corrected chi connectivity index (χ0v) is 20.8. The number of allylic oxidation sites excluding steroid dienone is 1. The van der Waals surface area contributed by atoms with E-state index in [1.165, 1.54) is 11.3 Å². The molecule has 0 atom stereocenters. The van der Waals surface area contributed by atoms with Gasteiger partial charge in [0.1, 0.15) is 0 Å². The number of ether oxygens (including phenoxy) is 1. The SMILES string of the molecule is O=C1CC=Cc2cc(-c3ccnn3CCc3ccccc3)nc(Cc3ccc(N4CCOCC4)cc3)c21. The molecule has 6 nitrogen and oxygen atoms in total. The van der Waals surface area contributed by atoms with Crippen LogP contribution in [0.15, 0.2) is 79.0 Å². The first-order valence-electron chi connectivity index (χ1n) is 13.0. The maximum absolute atomic E-state index is 13.0. The van der Waals surface area contributed by atoms with Gasteiger partial charge < -0.3 is 9.64 Å². The summed E-state index contributed by atoms with van der Waals surface area (Å²) >= 11 is 0. The van der Waals surface area contributed by atoms with E-state index in [1.807, 2.05) is 35.2 Å². The number of anilines is 1. The maximum Gasteiger partial charge on any atom is 0.169 e. The Hall–Kier alpha value is -4.03. The lowest BCUT2D eigenvalue weighted by atomic mass is 9.91. The molecular formula is C31H30N4O2. The first-order chi connectivity index (χ1) is 18.2. The number of hydrogen-bond donors (Lipinski definition) is 0. The van der Waals surface area contributed by atoms with Gasteiger partial charge in [-0.3, -0.25) is 14.5 Å². The van der Waals surface area contributed by atoms with E-state index in [-0.39, 0.29) is 5.78 Å². The molecule has 1 fully saturated rings. The number of hydrogen-bond acceptors (Lipinski definition) is 5. The zero-order valence-electron chi connectivity index (χ0n) is 20.8. The summed E-state index contributed by atoms with van der Waals surface area (Å²) in [5.41, 5.74) is 7.96. The van der Waals surface area contributed by atoms with Gasteiger partial charge in [0, 0.05) is 49.9 Å². The summed E-state index contributed by atoms with van der Waals surface area (Å²) < 4.78 is 7.49. The van der Waals surface area contributed by atoms with Crippen LogP contribution in [0.1, 0.15) is 39.2 Å². The molecule has 37 heavy (non-hydrogen) atoms. The molecule has 6 heteroatoms. The molecule has 0 spiro atoms. The van der Waals surface area contributed by atoms with Crippen molar-refractivity contribution in [3.05, 3.63) is 107 Å². The minimum absolute atomic E-state index is 0.133. The van der Waals surface area contributed by atoms with E-state index >= 15 is 0 Å². The van der Waals surface area contributed by atoms with Crippen molar-refractivity contribution in [1.82, 2.24) is 14.8 Å². The van der Waals surface area contributed by atoms with E-state index in [2.05, 4.69) is 64.6 Å². The highest BCUT2D eigenvalue weighted by Crippen LogP contribution is 2.29. The first-order valence-corrected chi connectivity index (χ1v) is 13.0. The number of carbonyl (C=O) groups excluding carboxylic acids is 1. The average molecular weight is 491 g/mol. The molecule has 0 bridgehead atoms. The van der Waals surface area contributed by atoms with Gasteiger partial charge in [0.25, 0.3) is 0 Å². The quantitative estimate of drug-likeness (QED) is 0.356. The normalized spacial score (nSPS) is 15.1. The minimum atomic E-state index is 0.133. The Bertz CT molecular complexity index is 1420. The lowest BCUT2D eigenvalue weighted by Gasteiger charge is -2.29. The Balaban J connectivity index is 1.30. The fourth-order valence-electron chi connectivity index (χ4n) is 5.17. The van der Waals surface area contributed by atoms with Crippen LogP contribution in [0.3, 0.4) is 0 Å². The zero-order chi connectivity index (χ0) is 25.0. The van der Waals surface area contributed by atoms with Crippen molar-refractivity contribution in [2.75, 3.05) is 31.2 Å². The van der Waals surface area contributed by atoms with Crippen molar-refractivity contribution >= 4 is 17.5 Å². The predicted octanol–water partition coefficient (Wildman–Crippen LogP) is 5.21. The Morgan fingerprint density at radius 3 is 2.54 bits per heavy atom. The minimum Gasteiger partial charge on any atom is -0.378 e. The summed E-state index contributed by atoms with van der Waals surface area (Å²) in [5.74, 6) is 0.133. The number of nitrogens with zero attached hydrogens (tertiary/aromatic N) is 4. The summed E-state index contributed by atoms with van der Waals surface area (Å²) in [6.45, 7) is 4.12. The molecule has 0 unspecified atom stereocenters. The lowest BCUT2D eigenvalue weighted by molar-refractivity contribution is 0.0993. The van der Waals surface area contributed by atoms with Crippen LogP contribution < -0.4 is 4.90 Å². The van der Waals surface area contributed by atoms with E-state index in [9.17, 15) is 4.79 Å². The van der Waals surface area contributed by atoms with Gasteiger partial charge in [0.15, 0.2) is 5.78 Å². The number of Topliss-reactive ketones (excluding diaryl/α,β-unsaturated/α-hetero) is 1. The van der Waals surface area contributed by atoms with Crippen molar-refractivity contribution in [2.24, 2.45) is 0 Å². The third-order valence-corrected chi connectivity index (χ3v) is 7.12. The summed E-state index contributed by atoms with van der Waals surface area (Å²) in [6.07, 6.45) is 7.75. The Kier molecular flexibility index (Phi) is 6.65. The number of morpholine rings is 1. The van der Waals surface area contributed by atoms with Gasteiger partial charge in [-0.1, -0.05) is 54.6 Å². The van der Waals surface area contributed by atoms with Crippen LogP contribution in [-0.2, 0) is 24.1 Å². The highest BCUT2D eigenvalue weighted by atomic mass is 16.5. The number of benzene rings is 2. The molecule has 0 N–H and O–H groups in total. The summed E-state index contributed by atoms with van der Waals surface area (Å²) in [7, 11) is 0. The van der Waals surface area contributed by atoms with Crippen LogP contribution in [0.5, 0.6) is 0 Å². The van der Waals surface area contributed by atoms with E-state index in [0.717, 1.165) is 73.0 Å². The number of ketones is 1. The van der Waals surface area contributed by atoms with E-state index in [1.54, 1.807) is 0 Å². The number of rotatable bonds is 7. The Morgan fingerprint density at radius 2 is 1.73 bits per heavy atom. The predicted molar refractivity (Wildman–Crippen MR) is 146 cm³/mol. The van der Waals surface area contributed by atoms with Crippen molar-refractivity contribution in [3.63, 3.8) is 0 Å². The number of aryl methyl sites for hydroxylation is 2. The Morgan fingerprint density at radius 1 is 0.919 bits per heavy atom. The molecule has 0 saturated carbocycles. The second kappa shape index (κ2) is 10.5. The second-order valence-corrected chi connectivity index (χ2v) is 9.57. The number of aromatic nitrogens is 3. The van der Waals surface area contributed by atoms with Crippen LogP contribution in [-0.4, -0.2) is 46.9 Å². The van der Waals surface area contributed by atoms with E-state index in [4.69, 9.17) is 9.72 Å². The number of carbonyl (C=O) groups is 1. The van der Waals surface area contributed by atoms with E-state index in [0.29, 0.717) is 12.8 Å². The van der Waals surface area contributed by atoms with Crippen LogP contribution in [0, 0.1) is 0 Å². The molecule has 3 heterocycles. The molecule has 1 aliphatic heterocycles. The van der Waals surface area contributed by atoms with Crippen molar-refractivity contribution in [3.8, 4) is 11.4 Å². The summed E-state index contributed by atoms with van der Waals surface area (Å²) in [6, 6.07) is 23.1. The van der Waals surface area contributed by atoms with Crippen LogP contribution in [0.25, 0.3) is 17.5 Å². The van der Waals surface area contributed by atoms with Crippen molar-refractivity contribution < 1.29 is 9.53 Å². The van der Waals surface area contributed by atoms with Crippen LogP contribution in [0.2, 0.25) is 0 Å². The molecule has 6 rings (SSSR count). The second-order valence-electron chi connectivity index (χ2n) is 9.57. The van der Waals surface area contributed by atoms with Gasteiger partial charge in [0.05, 0.1) is 30.3 Å². The molecule has 0 radical (unpaired) electrons. The van der Waals surface area contributed by atoms with Crippen LogP contribution >= 0.6 is 0 Å². The van der Waals surface area contributed by atoms with E-state index < -0.39 is 0 Å². The van der Waals surface area contributed by atoms with Crippen molar-refractivity contribution in [2.45, 2.75) is 25.8 Å². The molecule has 2 aromatic heterocycles. The molecule has 2 aromatic carbocycles. The largest absolute Gasteiger partial charge is 0.378 e. The van der Waals surface area contributed by atoms with Gasteiger partial charge >= 0.3 is 0 Å². The van der Waals surface area contributed by atoms with Gasteiger partial charge in [-0.25, -0.2) is 0 Å².